The molecule has 1 aliphatic carbocycles. The third kappa shape index (κ3) is 5.76. The van der Waals surface area contributed by atoms with E-state index in [1.807, 2.05) is 0 Å². The van der Waals surface area contributed by atoms with E-state index in [-0.39, 0.29) is 11.8 Å². The highest BCUT2D eigenvalue weighted by Gasteiger charge is 2.24. The van der Waals surface area contributed by atoms with E-state index in [0.29, 0.717) is 35.5 Å². The molecule has 9 heteroatoms. The van der Waals surface area contributed by atoms with E-state index < -0.39 is 5.82 Å². The van der Waals surface area contributed by atoms with Gasteiger partial charge < -0.3 is 26.0 Å². The molecule has 1 aromatic heterocycles. The standard InChI is InChI=1S/C23H34FN7O/c1-3-18(19-9-6-12-25-19)28-23-30-21(26-14-15-7-4-5-8-15)29-22(31-23)27-16-10-11-20(32-2)17(24)13-16/h10-11,13,15,18-19,25H,3-9,12,14H2,1-2H3,(H3,26,27,28,29,30,31). The predicted molar refractivity (Wildman–Crippen MR) is 125 cm³/mol. The third-order valence-corrected chi connectivity index (χ3v) is 6.41. The van der Waals surface area contributed by atoms with Gasteiger partial charge in [0.15, 0.2) is 11.6 Å². The van der Waals surface area contributed by atoms with Gasteiger partial charge in [0, 0.05) is 30.4 Å². The minimum atomic E-state index is -0.442. The Labute approximate surface area is 189 Å². The first kappa shape index (κ1) is 22.5. The van der Waals surface area contributed by atoms with Crippen LogP contribution in [0.3, 0.4) is 0 Å². The fourth-order valence-electron chi connectivity index (χ4n) is 4.61. The molecule has 2 fully saturated rings. The van der Waals surface area contributed by atoms with Crippen LogP contribution < -0.4 is 26.0 Å². The number of methoxy groups -OCH3 is 1. The molecule has 0 bridgehead atoms. The monoisotopic (exact) mass is 443 g/mol. The van der Waals surface area contributed by atoms with E-state index in [1.54, 1.807) is 12.1 Å². The van der Waals surface area contributed by atoms with E-state index >= 15 is 0 Å². The SMILES string of the molecule is CCC(Nc1nc(NCC2CCCC2)nc(Nc2ccc(OC)c(F)c2)n1)C1CCCN1. The Balaban J connectivity index is 1.53. The Morgan fingerprint density at radius 2 is 1.88 bits per heavy atom. The van der Waals surface area contributed by atoms with Crippen molar-refractivity contribution < 1.29 is 9.13 Å². The summed E-state index contributed by atoms with van der Waals surface area (Å²) >= 11 is 0. The molecule has 0 amide bonds. The number of rotatable bonds is 10. The van der Waals surface area contributed by atoms with Crippen LogP contribution in [0.5, 0.6) is 5.75 Å². The average Bonchev–Trinajstić information content (AvgIpc) is 3.50. The van der Waals surface area contributed by atoms with Crippen molar-refractivity contribution in [2.24, 2.45) is 5.92 Å². The Morgan fingerprint density at radius 3 is 2.56 bits per heavy atom. The van der Waals surface area contributed by atoms with Gasteiger partial charge in [-0.25, -0.2) is 4.39 Å². The summed E-state index contributed by atoms with van der Waals surface area (Å²) in [7, 11) is 1.45. The lowest BCUT2D eigenvalue weighted by molar-refractivity contribution is 0.386. The van der Waals surface area contributed by atoms with Crippen LogP contribution in [0.1, 0.15) is 51.9 Å². The van der Waals surface area contributed by atoms with Crippen LogP contribution in [-0.4, -0.2) is 47.2 Å². The van der Waals surface area contributed by atoms with Gasteiger partial charge in [-0.05, 0) is 56.7 Å². The van der Waals surface area contributed by atoms with Crippen LogP contribution in [0.25, 0.3) is 0 Å². The van der Waals surface area contributed by atoms with Crippen molar-refractivity contribution >= 4 is 23.5 Å². The van der Waals surface area contributed by atoms with Gasteiger partial charge in [-0.1, -0.05) is 19.8 Å². The zero-order chi connectivity index (χ0) is 22.3. The van der Waals surface area contributed by atoms with Crippen molar-refractivity contribution in [3.8, 4) is 5.75 Å². The van der Waals surface area contributed by atoms with Gasteiger partial charge in [0.05, 0.1) is 7.11 Å². The number of nitrogens with one attached hydrogen (secondary N) is 4. The molecule has 32 heavy (non-hydrogen) atoms. The van der Waals surface area contributed by atoms with Crippen LogP contribution >= 0.6 is 0 Å². The number of benzene rings is 1. The molecule has 4 rings (SSSR count). The first-order chi connectivity index (χ1) is 15.6. The van der Waals surface area contributed by atoms with Crippen LogP contribution in [0, 0.1) is 11.7 Å². The number of aromatic nitrogens is 3. The maximum atomic E-state index is 14.1. The van der Waals surface area contributed by atoms with E-state index in [2.05, 4.69) is 43.1 Å². The number of halogens is 1. The van der Waals surface area contributed by atoms with Crippen molar-refractivity contribution in [1.82, 2.24) is 20.3 Å². The lowest BCUT2D eigenvalue weighted by atomic mass is 10.0. The molecule has 4 N–H and O–H groups in total. The van der Waals surface area contributed by atoms with E-state index in [9.17, 15) is 4.39 Å². The minimum Gasteiger partial charge on any atom is -0.494 e. The lowest BCUT2D eigenvalue weighted by Gasteiger charge is -2.24. The van der Waals surface area contributed by atoms with Gasteiger partial charge in [0.25, 0.3) is 0 Å². The summed E-state index contributed by atoms with van der Waals surface area (Å²) in [5.74, 6) is 1.83. The quantitative estimate of drug-likeness (QED) is 0.432. The highest BCUT2D eigenvalue weighted by Crippen LogP contribution is 2.26. The van der Waals surface area contributed by atoms with Gasteiger partial charge in [-0.3, -0.25) is 0 Å². The van der Waals surface area contributed by atoms with Gasteiger partial charge in [-0.15, -0.1) is 0 Å². The molecule has 1 saturated carbocycles. The summed E-state index contributed by atoms with van der Waals surface area (Å²) < 4.78 is 19.1. The zero-order valence-corrected chi connectivity index (χ0v) is 19.0. The van der Waals surface area contributed by atoms with Crippen molar-refractivity contribution in [3.63, 3.8) is 0 Å². The summed E-state index contributed by atoms with van der Waals surface area (Å²) in [6, 6.07) is 5.32. The van der Waals surface area contributed by atoms with Crippen LogP contribution in [0.2, 0.25) is 0 Å². The summed E-state index contributed by atoms with van der Waals surface area (Å²) in [6.45, 7) is 4.06. The van der Waals surface area contributed by atoms with E-state index in [0.717, 1.165) is 25.9 Å². The normalized spacial score (nSPS) is 19.7. The molecule has 0 spiro atoms. The summed E-state index contributed by atoms with van der Waals surface area (Å²) in [5.41, 5.74) is 0.548. The summed E-state index contributed by atoms with van der Waals surface area (Å²) in [6.07, 6.45) is 8.34. The highest BCUT2D eigenvalue weighted by atomic mass is 19.1. The smallest absolute Gasteiger partial charge is 0.233 e. The fraction of sp³-hybridized carbons (Fsp3) is 0.609. The first-order valence-electron chi connectivity index (χ1n) is 11.7. The van der Waals surface area contributed by atoms with Crippen LogP contribution in [-0.2, 0) is 0 Å². The Bertz CT molecular complexity index is 885. The largest absolute Gasteiger partial charge is 0.494 e. The molecule has 1 aliphatic heterocycles. The third-order valence-electron chi connectivity index (χ3n) is 6.41. The first-order valence-corrected chi connectivity index (χ1v) is 11.7. The molecule has 2 heterocycles. The van der Waals surface area contributed by atoms with Crippen LogP contribution in [0.4, 0.5) is 27.9 Å². The number of hydrogen-bond acceptors (Lipinski definition) is 8. The number of nitrogens with zero attached hydrogens (tertiary/aromatic N) is 3. The van der Waals surface area contributed by atoms with Crippen LogP contribution in [0.15, 0.2) is 18.2 Å². The van der Waals surface area contributed by atoms with Crippen molar-refractivity contribution in [3.05, 3.63) is 24.0 Å². The fourth-order valence-corrected chi connectivity index (χ4v) is 4.61. The van der Waals surface area contributed by atoms with Gasteiger partial charge >= 0.3 is 0 Å². The zero-order valence-electron chi connectivity index (χ0n) is 19.0. The molecule has 2 aromatic rings. The molecule has 2 aliphatic rings. The number of anilines is 4. The average molecular weight is 444 g/mol. The van der Waals surface area contributed by atoms with Gasteiger partial charge in [-0.2, -0.15) is 15.0 Å². The maximum absolute atomic E-state index is 14.1. The summed E-state index contributed by atoms with van der Waals surface area (Å²) in [4.78, 5) is 13.7. The molecule has 1 aromatic carbocycles. The second kappa shape index (κ2) is 10.8. The molecular weight excluding hydrogens is 409 g/mol. The van der Waals surface area contributed by atoms with Gasteiger partial charge in [0.1, 0.15) is 0 Å². The topological polar surface area (TPSA) is 96.0 Å². The second-order valence-corrected chi connectivity index (χ2v) is 8.67. The molecular formula is C23H34FN7O. The van der Waals surface area contributed by atoms with Crippen molar-refractivity contribution in [2.45, 2.75) is 64.0 Å². The Kier molecular flexibility index (Phi) is 7.57. The number of ether oxygens (including phenoxy) is 1. The predicted octanol–water partition coefficient (Wildman–Crippen LogP) is 4.31. The molecule has 174 valence electrons. The molecule has 0 radical (unpaired) electrons. The minimum absolute atomic E-state index is 0.197. The highest BCUT2D eigenvalue weighted by molar-refractivity contribution is 5.57. The van der Waals surface area contributed by atoms with Gasteiger partial charge in [0.2, 0.25) is 17.8 Å². The Morgan fingerprint density at radius 1 is 1.09 bits per heavy atom. The van der Waals surface area contributed by atoms with E-state index in [1.165, 1.54) is 45.3 Å². The molecule has 2 atom stereocenters. The molecule has 1 saturated heterocycles. The van der Waals surface area contributed by atoms with E-state index in [4.69, 9.17) is 4.74 Å². The lowest BCUT2D eigenvalue weighted by Crippen LogP contribution is -2.40. The number of hydrogen-bond donors (Lipinski definition) is 4. The van der Waals surface area contributed by atoms with Crippen molar-refractivity contribution in [1.29, 1.82) is 0 Å². The Hall–Kier alpha value is -2.68. The maximum Gasteiger partial charge on any atom is 0.233 e. The second-order valence-electron chi connectivity index (χ2n) is 8.67. The van der Waals surface area contributed by atoms with Crippen molar-refractivity contribution in [2.75, 3.05) is 36.1 Å². The molecule has 2 unspecified atom stereocenters. The molecule has 8 nitrogen and oxygen atoms in total. The summed E-state index contributed by atoms with van der Waals surface area (Å²) in [5, 5.41) is 13.6.